The van der Waals surface area contributed by atoms with Crippen LogP contribution in [0.5, 0.6) is 0 Å². The molecule has 0 nitrogen and oxygen atoms in total. The van der Waals surface area contributed by atoms with Crippen LogP contribution in [0.3, 0.4) is 0 Å². The lowest BCUT2D eigenvalue weighted by atomic mass is 9.82. The van der Waals surface area contributed by atoms with E-state index in [1.165, 1.54) is 73.3 Å². The predicted octanol–water partition coefficient (Wildman–Crippen LogP) is 8.43. The first-order chi connectivity index (χ1) is 12.8. The van der Waals surface area contributed by atoms with Crippen molar-refractivity contribution in [1.82, 2.24) is 0 Å². The Hall–Kier alpha value is -1.82. The van der Waals surface area contributed by atoms with Gasteiger partial charge in [-0.25, -0.2) is 0 Å². The summed E-state index contributed by atoms with van der Waals surface area (Å²) in [6.45, 7) is 4.60. The number of unbranched alkanes of at least 4 members (excludes halogenated alkanes) is 4. The summed E-state index contributed by atoms with van der Waals surface area (Å²) >= 11 is 0. The first-order valence-corrected chi connectivity index (χ1v) is 10.7. The van der Waals surface area contributed by atoms with Crippen LogP contribution in [0.1, 0.15) is 88.7 Å². The Labute approximate surface area is 160 Å². The molecule has 2 aromatic rings. The summed E-state index contributed by atoms with van der Waals surface area (Å²) in [5, 5.41) is 2.75. The van der Waals surface area contributed by atoms with E-state index in [1.54, 1.807) is 5.57 Å². The van der Waals surface area contributed by atoms with Crippen LogP contribution in [0, 0.1) is 0 Å². The van der Waals surface area contributed by atoms with Crippen LogP contribution in [-0.2, 0) is 0 Å². The third-order valence-corrected chi connectivity index (χ3v) is 5.72. The number of hydrogen-bond donors (Lipinski definition) is 0. The van der Waals surface area contributed by atoms with Gasteiger partial charge in [0.05, 0.1) is 0 Å². The van der Waals surface area contributed by atoms with E-state index in [0.29, 0.717) is 5.92 Å². The number of hydrogen-bond acceptors (Lipinski definition) is 0. The fraction of sp³-hybridized carbons (Fsp3) is 0.462. The number of allylic oxidation sites excluding steroid dienone is 3. The number of benzene rings is 2. The second kappa shape index (κ2) is 9.76. The van der Waals surface area contributed by atoms with E-state index in [-0.39, 0.29) is 0 Å². The Morgan fingerprint density at radius 3 is 2.38 bits per heavy atom. The molecule has 0 saturated heterocycles. The Morgan fingerprint density at radius 1 is 0.923 bits per heavy atom. The minimum atomic E-state index is 0.554. The van der Waals surface area contributed by atoms with Crippen molar-refractivity contribution in [2.45, 2.75) is 77.6 Å². The summed E-state index contributed by atoms with van der Waals surface area (Å²) in [7, 11) is 0. The second-order valence-corrected chi connectivity index (χ2v) is 7.77. The molecule has 3 rings (SSSR count). The molecule has 1 unspecified atom stereocenters. The number of fused-ring (bicyclic) bond motifs is 3. The smallest absolute Gasteiger partial charge is 0.00614 e. The number of rotatable bonds is 9. The molecule has 0 heteroatoms. The van der Waals surface area contributed by atoms with Gasteiger partial charge in [0.25, 0.3) is 0 Å². The molecule has 0 fully saturated rings. The second-order valence-electron chi connectivity index (χ2n) is 7.77. The molecule has 0 aliphatic heterocycles. The van der Waals surface area contributed by atoms with Crippen molar-refractivity contribution in [3.8, 4) is 0 Å². The zero-order valence-corrected chi connectivity index (χ0v) is 16.6. The summed E-state index contributed by atoms with van der Waals surface area (Å²) in [6.07, 6.45) is 19.1. The molecule has 0 aromatic heterocycles. The van der Waals surface area contributed by atoms with E-state index in [2.05, 4.69) is 68.5 Å². The maximum absolute atomic E-state index is 2.63. The van der Waals surface area contributed by atoms with Crippen LogP contribution >= 0.6 is 0 Å². The summed E-state index contributed by atoms with van der Waals surface area (Å²) < 4.78 is 0. The fourth-order valence-corrected chi connectivity index (χ4v) is 4.22. The zero-order valence-electron chi connectivity index (χ0n) is 16.6. The van der Waals surface area contributed by atoms with E-state index in [4.69, 9.17) is 0 Å². The maximum atomic E-state index is 2.63. The molecule has 0 saturated carbocycles. The van der Waals surface area contributed by atoms with Gasteiger partial charge in [-0.1, -0.05) is 99.7 Å². The molecule has 138 valence electrons. The molecule has 0 bridgehead atoms. The highest BCUT2D eigenvalue weighted by atomic mass is 14.2. The average Bonchev–Trinajstić information content (AvgIpc) is 2.68. The third-order valence-electron chi connectivity index (χ3n) is 5.72. The van der Waals surface area contributed by atoms with Crippen molar-refractivity contribution in [2.24, 2.45) is 0 Å². The van der Waals surface area contributed by atoms with Crippen LogP contribution < -0.4 is 0 Å². The molecule has 0 N–H and O–H groups in total. The molecule has 2 aromatic carbocycles. The van der Waals surface area contributed by atoms with Crippen LogP contribution in [0.4, 0.5) is 0 Å². The van der Waals surface area contributed by atoms with Crippen molar-refractivity contribution < 1.29 is 0 Å². The van der Waals surface area contributed by atoms with E-state index in [0.717, 1.165) is 6.42 Å². The first-order valence-electron chi connectivity index (χ1n) is 10.7. The Kier molecular flexibility index (Phi) is 7.12. The minimum absolute atomic E-state index is 0.554. The highest BCUT2D eigenvalue weighted by Gasteiger charge is 2.17. The fourth-order valence-electron chi connectivity index (χ4n) is 4.22. The third kappa shape index (κ3) is 4.67. The van der Waals surface area contributed by atoms with Gasteiger partial charge < -0.3 is 0 Å². The molecule has 1 atom stereocenters. The largest absolute Gasteiger partial charge is 0.0830 e. The predicted molar refractivity (Wildman–Crippen MR) is 117 cm³/mol. The van der Waals surface area contributed by atoms with Crippen molar-refractivity contribution in [2.75, 3.05) is 0 Å². The van der Waals surface area contributed by atoms with Crippen molar-refractivity contribution in [3.63, 3.8) is 0 Å². The maximum Gasteiger partial charge on any atom is 0.00614 e. The summed E-state index contributed by atoms with van der Waals surface area (Å²) in [6, 6.07) is 13.5. The van der Waals surface area contributed by atoms with Gasteiger partial charge in [-0.3, -0.25) is 0 Å². The first kappa shape index (κ1) is 19.0. The van der Waals surface area contributed by atoms with Crippen LogP contribution in [0.25, 0.3) is 16.8 Å². The monoisotopic (exact) mass is 346 g/mol. The topological polar surface area (TPSA) is 0 Å². The van der Waals surface area contributed by atoms with Gasteiger partial charge in [0.2, 0.25) is 0 Å². The standard InChI is InChI=1S/C26H34/c1-3-5-7-12-21(13-8-6-4-2)20-23-15-11-17-26-24-16-10-9-14-22(24)18-19-25(23)26/h9-11,14,16-20,23H,3-8,12-13,15H2,1-2H3. The molecule has 26 heavy (non-hydrogen) atoms. The highest BCUT2D eigenvalue weighted by molar-refractivity contribution is 5.92. The van der Waals surface area contributed by atoms with Gasteiger partial charge in [-0.15, -0.1) is 0 Å². The normalized spacial score (nSPS) is 15.8. The van der Waals surface area contributed by atoms with Crippen molar-refractivity contribution >= 4 is 16.8 Å². The molecule has 1 aliphatic rings. The van der Waals surface area contributed by atoms with Gasteiger partial charge in [0, 0.05) is 5.92 Å². The van der Waals surface area contributed by atoms with Gasteiger partial charge >= 0.3 is 0 Å². The minimum Gasteiger partial charge on any atom is -0.0830 e. The summed E-state index contributed by atoms with van der Waals surface area (Å²) in [4.78, 5) is 0. The highest BCUT2D eigenvalue weighted by Crippen LogP contribution is 2.36. The molecule has 0 amide bonds. The average molecular weight is 347 g/mol. The zero-order chi connectivity index (χ0) is 18.2. The Bertz CT molecular complexity index is 751. The SMILES string of the molecule is CCCCCC(=CC1CC=Cc2c1ccc1ccccc21)CCCCC. The van der Waals surface area contributed by atoms with E-state index < -0.39 is 0 Å². The summed E-state index contributed by atoms with van der Waals surface area (Å²) in [5.41, 5.74) is 4.66. The lowest BCUT2D eigenvalue weighted by molar-refractivity contribution is 0.652. The molecular weight excluding hydrogens is 312 g/mol. The van der Waals surface area contributed by atoms with Crippen molar-refractivity contribution in [3.05, 3.63) is 65.3 Å². The van der Waals surface area contributed by atoms with Crippen LogP contribution in [0.2, 0.25) is 0 Å². The molecule has 1 aliphatic carbocycles. The Balaban J connectivity index is 1.86. The van der Waals surface area contributed by atoms with Gasteiger partial charge in [-0.2, -0.15) is 0 Å². The Morgan fingerprint density at radius 2 is 1.65 bits per heavy atom. The van der Waals surface area contributed by atoms with Crippen LogP contribution in [-0.4, -0.2) is 0 Å². The lowest BCUT2D eigenvalue weighted by Gasteiger charge is -2.22. The quantitative estimate of drug-likeness (QED) is 0.316. The van der Waals surface area contributed by atoms with Crippen molar-refractivity contribution in [1.29, 1.82) is 0 Å². The molecular formula is C26H34. The van der Waals surface area contributed by atoms with Crippen LogP contribution in [0.15, 0.2) is 54.1 Å². The van der Waals surface area contributed by atoms with Gasteiger partial charge in [0.15, 0.2) is 0 Å². The molecule has 0 radical (unpaired) electrons. The van der Waals surface area contributed by atoms with E-state index in [9.17, 15) is 0 Å². The summed E-state index contributed by atoms with van der Waals surface area (Å²) in [5.74, 6) is 0.554. The molecule has 0 spiro atoms. The molecule has 0 heterocycles. The van der Waals surface area contributed by atoms with E-state index >= 15 is 0 Å². The van der Waals surface area contributed by atoms with E-state index in [1.807, 2.05) is 0 Å². The van der Waals surface area contributed by atoms with Gasteiger partial charge in [0.1, 0.15) is 0 Å². The van der Waals surface area contributed by atoms with Gasteiger partial charge in [-0.05, 0) is 54.0 Å². The lowest BCUT2D eigenvalue weighted by Crippen LogP contribution is -2.03.